The van der Waals surface area contributed by atoms with Crippen molar-refractivity contribution in [3.05, 3.63) is 29.6 Å². The normalized spacial score (nSPS) is 14.8. The molecule has 1 aliphatic heterocycles. The second-order valence-electron chi connectivity index (χ2n) is 5.56. The third-order valence-corrected chi connectivity index (χ3v) is 4.00. The highest BCUT2D eigenvalue weighted by Crippen LogP contribution is 2.26. The molecule has 0 saturated carbocycles. The maximum atomic E-state index is 14.0. The summed E-state index contributed by atoms with van der Waals surface area (Å²) in [6.07, 6.45) is 1.15. The molecule has 1 amide bonds. The number of benzene rings is 1. The van der Waals surface area contributed by atoms with E-state index in [9.17, 15) is 14.0 Å². The lowest BCUT2D eigenvalue weighted by atomic mass is 9.95. The fourth-order valence-corrected chi connectivity index (χ4v) is 2.73. The molecule has 1 N–H and O–H groups in total. The standard InChI is InChI=1S/C17H20FN3O3/c1-2-24-16(22)11-20-17(23)13-5-7-21(8-6-13)15-4-3-12(10-19)9-14(15)18/h3-4,9,13H,2,5-8,11H2,1H3,(H,20,23). The Bertz CT molecular complexity index is 649. The van der Waals surface area contributed by atoms with Gasteiger partial charge in [-0.25, -0.2) is 4.39 Å². The number of carbonyl (C=O) groups excluding carboxylic acids is 2. The molecule has 1 aromatic carbocycles. The molecule has 1 heterocycles. The highest BCUT2D eigenvalue weighted by Gasteiger charge is 2.26. The molecule has 0 atom stereocenters. The largest absolute Gasteiger partial charge is 0.465 e. The lowest BCUT2D eigenvalue weighted by molar-refractivity contribution is -0.143. The number of piperidine rings is 1. The number of anilines is 1. The van der Waals surface area contributed by atoms with Gasteiger partial charge < -0.3 is 15.0 Å². The van der Waals surface area contributed by atoms with Crippen LogP contribution in [0.25, 0.3) is 0 Å². The first-order valence-electron chi connectivity index (χ1n) is 7.93. The summed E-state index contributed by atoms with van der Waals surface area (Å²) in [4.78, 5) is 25.2. The summed E-state index contributed by atoms with van der Waals surface area (Å²) in [5, 5.41) is 11.4. The monoisotopic (exact) mass is 333 g/mol. The summed E-state index contributed by atoms with van der Waals surface area (Å²) in [6, 6.07) is 6.29. The van der Waals surface area contributed by atoms with E-state index in [0.717, 1.165) is 0 Å². The van der Waals surface area contributed by atoms with E-state index in [2.05, 4.69) is 5.32 Å². The number of amides is 1. The third-order valence-electron chi connectivity index (χ3n) is 4.00. The lowest BCUT2D eigenvalue weighted by Gasteiger charge is -2.33. The minimum atomic E-state index is -0.456. The Balaban J connectivity index is 1.86. The molecule has 2 rings (SSSR count). The van der Waals surface area contributed by atoms with Crippen molar-refractivity contribution in [3.8, 4) is 6.07 Å². The van der Waals surface area contributed by atoms with Crippen molar-refractivity contribution in [2.45, 2.75) is 19.8 Å². The number of nitrogens with one attached hydrogen (secondary N) is 1. The van der Waals surface area contributed by atoms with Crippen molar-refractivity contribution in [1.29, 1.82) is 5.26 Å². The Hall–Kier alpha value is -2.62. The van der Waals surface area contributed by atoms with Crippen molar-refractivity contribution in [3.63, 3.8) is 0 Å². The molecule has 1 aromatic rings. The molecule has 0 aliphatic carbocycles. The average Bonchev–Trinajstić information content (AvgIpc) is 2.60. The summed E-state index contributed by atoms with van der Waals surface area (Å²) in [5.41, 5.74) is 0.726. The Morgan fingerprint density at radius 1 is 1.42 bits per heavy atom. The second-order valence-corrected chi connectivity index (χ2v) is 5.56. The topological polar surface area (TPSA) is 82.4 Å². The van der Waals surface area contributed by atoms with E-state index in [4.69, 9.17) is 10.00 Å². The third kappa shape index (κ3) is 4.44. The van der Waals surface area contributed by atoms with Gasteiger partial charge in [-0.3, -0.25) is 9.59 Å². The van der Waals surface area contributed by atoms with E-state index in [0.29, 0.717) is 31.6 Å². The first-order valence-corrected chi connectivity index (χ1v) is 7.93. The lowest BCUT2D eigenvalue weighted by Crippen LogP contribution is -2.42. The Morgan fingerprint density at radius 3 is 2.71 bits per heavy atom. The molecular formula is C17H20FN3O3. The van der Waals surface area contributed by atoms with Crippen LogP contribution in [0.2, 0.25) is 0 Å². The van der Waals surface area contributed by atoms with Gasteiger partial charge in [0.15, 0.2) is 0 Å². The summed E-state index contributed by atoms with van der Waals surface area (Å²) in [7, 11) is 0. The quantitative estimate of drug-likeness (QED) is 0.828. The number of halogens is 1. The van der Waals surface area contributed by atoms with Crippen LogP contribution in [0.5, 0.6) is 0 Å². The fraction of sp³-hybridized carbons (Fsp3) is 0.471. The van der Waals surface area contributed by atoms with E-state index < -0.39 is 11.8 Å². The molecule has 0 radical (unpaired) electrons. The number of nitriles is 1. The average molecular weight is 333 g/mol. The highest BCUT2D eigenvalue weighted by molar-refractivity contribution is 5.83. The smallest absolute Gasteiger partial charge is 0.325 e. The Morgan fingerprint density at radius 2 is 2.12 bits per heavy atom. The van der Waals surface area contributed by atoms with Crippen LogP contribution in [-0.4, -0.2) is 38.1 Å². The molecule has 1 aliphatic rings. The maximum Gasteiger partial charge on any atom is 0.325 e. The van der Waals surface area contributed by atoms with Crippen molar-refractivity contribution in [1.82, 2.24) is 5.32 Å². The van der Waals surface area contributed by atoms with Gasteiger partial charge in [0.1, 0.15) is 12.4 Å². The van der Waals surface area contributed by atoms with E-state index in [1.165, 1.54) is 6.07 Å². The first kappa shape index (κ1) is 17.7. The zero-order valence-corrected chi connectivity index (χ0v) is 13.5. The molecule has 0 bridgehead atoms. The van der Waals surface area contributed by atoms with Crippen LogP contribution in [0.4, 0.5) is 10.1 Å². The van der Waals surface area contributed by atoms with Crippen LogP contribution in [0.3, 0.4) is 0 Å². The molecule has 0 unspecified atom stereocenters. The highest BCUT2D eigenvalue weighted by atomic mass is 19.1. The number of esters is 1. The maximum absolute atomic E-state index is 14.0. The van der Waals surface area contributed by atoms with Crippen molar-refractivity contribution < 1.29 is 18.7 Å². The van der Waals surface area contributed by atoms with Crippen LogP contribution in [0.15, 0.2) is 18.2 Å². The Kier molecular flexibility index (Phi) is 6.13. The van der Waals surface area contributed by atoms with Crippen LogP contribution >= 0.6 is 0 Å². The summed E-state index contributed by atoms with van der Waals surface area (Å²) < 4.78 is 18.8. The molecular weight excluding hydrogens is 313 g/mol. The number of hydrogen-bond acceptors (Lipinski definition) is 5. The molecule has 0 aromatic heterocycles. The van der Waals surface area contributed by atoms with Crippen molar-refractivity contribution in [2.75, 3.05) is 31.1 Å². The summed E-state index contributed by atoms with van der Waals surface area (Å²) >= 11 is 0. The molecule has 1 saturated heterocycles. The van der Waals surface area contributed by atoms with Crippen LogP contribution in [-0.2, 0) is 14.3 Å². The molecule has 1 fully saturated rings. The summed E-state index contributed by atoms with van der Waals surface area (Å²) in [6.45, 7) is 2.94. The Labute approximate surface area is 140 Å². The van der Waals surface area contributed by atoms with E-state index in [-0.39, 0.29) is 30.5 Å². The molecule has 24 heavy (non-hydrogen) atoms. The van der Waals surface area contributed by atoms with Gasteiger partial charge in [0.2, 0.25) is 5.91 Å². The van der Waals surface area contributed by atoms with E-state index in [1.54, 1.807) is 19.1 Å². The van der Waals surface area contributed by atoms with Crippen LogP contribution < -0.4 is 10.2 Å². The van der Waals surface area contributed by atoms with Gasteiger partial charge in [-0.05, 0) is 38.0 Å². The number of rotatable bonds is 5. The molecule has 6 nitrogen and oxygen atoms in total. The van der Waals surface area contributed by atoms with Gasteiger partial charge in [0.05, 0.1) is 23.9 Å². The van der Waals surface area contributed by atoms with Crippen molar-refractivity contribution in [2.24, 2.45) is 5.92 Å². The number of carbonyl (C=O) groups is 2. The molecule has 0 spiro atoms. The van der Waals surface area contributed by atoms with E-state index >= 15 is 0 Å². The van der Waals surface area contributed by atoms with Crippen molar-refractivity contribution >= 4 is 17.6 Å². The molecule has 128 valence electrons. The van der Waals surface area contributed by atoms with Gasteiger partial charge >= 0.3 is 5.97 Å². The van der Waals surface area contributed by atoms with Gasteiger partial charge in [0.25, 0.3) is 0 Å². The molecule has 7 heteroatoms. The SMILES string of the molecule is CCOC(=O)CNC(=O)C1CCN(c2ccc(C#N)cc2F)CC1. The number of ether oxygens (including phenoxy) is 1. The predicted molar refractivity (Wildman–Crippen MR) is 85.7 cm³/mol. The first-order chi connectivity index (χ1) is 11.5. The van der Waals surface area contributed by atoms with Gasteiger partial charge in [-0.1, -0.05) is 0 Å². The van der Waals surface area contributed by atoms with Gasteiger partial charge in [0, 0.05) is 19.0 Å². The zero-order chi connectivity index (χ0) is 17.5. The zero-order valence-electron chi connectivity index (χ0n) is 13.5. The minimum absolute atomic E-state index is 0.128. The van der Waals surface area contributed by atoms with Gasteiger partial charge in [-0.15, -0.1) is 0 Å². The number of hydrogen-bond donors (Lipinski definition) is 1. The predicted octanol–water partition coefficient (Wildman–Crippen LogP) is 1.59. The fourth-order valence-electron chi connectivity index (χ4n) is 2.73. The van der Waals surface area contributed by atoms with Crippen LogP contribution in [0.1, 0.15) is 25.3 Å². The number of nitrogens with zero attached hydrogens (tertiary/aromatic N) is 2. The second kappa shape index (κ2) is 8.29. The van der Waals surface area contributed by atoms with E-state index in [1.807, 2.05) is 11.0 Å². The van der Waals surface area contributed by atoms with Gasteiger partial charge in [-0.2, -0.15) is 5.26 Å². The summed E-state index contributed by atoms with van der Waals surface area (Å²) in [5.74, 6) is -1.26. The van der Waals surface area contributed by atoms with Crippen LogP contribution in [0, 0.1) is 23.1 Å². The minimum Gasteiger partial charge on any atom is -0.465 e.